The van der Waals surface area contributed by atoms with Crippen LogP contribution in [0.5, 0.6) is 0 Å². The van der Waals surface area contributed by atoms with E-state index in [-0.39, 0.29) is 13.2 Å². The fraction of sp³-hybridized carbons (Fsp3) is 0.375. The van der Waals surface area contributed by atoms with E-state index in [1.807, 2.05) is 0 Å². The van der Waals surface area contributed by atoms with Crippen LogP contribution in [0.15, 0.2) is 12.1 Å². The van der Waals surface area contributed by atoms with Crippen molar-refractivity contribution in [1.29, 1.82) is 0 Å². The summed E-state index contributed by atoms with van der Waals surface area (Å²) in [6, 6.07) is 1.65. The smallest absolute Gasteiger partial charge is 0.339 e. The number of hydrogen-bond donors (Lipinski definition) is 2. The number of rotatable bonds is 8. The molecule has 0 aliphatic heterocycles. The number of ether oxygens (including phenoxy) is 2. The Balaban J connectivity index is 3.45. The number of esters is 2. The molecule has 2 N–H and O–H groups in total. The van der Waals surface area contributed by atoms with Gasteiger partial charge in [-0.2, -0.15) is 0 Å². The molecular weight excluding hydrogens is 320 g/mol. The highest BCUT2D eigenvalue weighted by Gasteiger charge is 2.26. The predicted molar refractivity (Wildman–Crippen MR) is 81.5 cm³/mol. The van der Waals surface area contributed by atoms with Crippen LogP contribution < -0.4 is 0 Å². The van der Waals surface area contributed by atoms with Crippen LogP contribution >= 0.6 is 0 Å². The molecule has 1 aromatic rings. The number of hydrogen-bond acceptors (Lipinski definition) is 6. The molecular formula is C16H18O8. The van der Waals surface area contributed by atoms with Crippen molar-refractivity contribution < 1.29 is 38.9 Å². The zero-order valence-corrected chi connectivity index (χ0v) is 13.3. The Morgan fingerprint density at radius 1 is 0.750 bits per heavy atom. The van der Waals surface area contributed by atoms with Crippen molar-refractivity contribution in [3.8, 4) is 0 Å². The minimum absolute atomic E-state index is 0.0637. The number of carbonyl (C=O) groups is 4. The second-order valence-electron chi connectivity index (χ2n) is 4.83. The average Bonchev–Trinajstić information content (AvgIpc) is 2.55. The Bertz CT molecular complexity index is 609. The normalized spacial score (nSPS) is 10.1. The van der Waals surface area contributed by atoms with Crippen molar-refractivity contribution in [3.63, 3.8) is 0 Å². The van der Waals surface area contributed by atoms with Crippen molar-refractivity contribution in [3.05, 3.63) is 34.4 Å². The van der Waals surface area contributed by atoms with Crippen LogP contribution in [0.3, 0.4) is 0 Å². The fourth-order valence-corrected chi connectivity index (χ4v) is 1.84. The van der Waals surface area contributed by atoms with E-state index in [9.17, 15) is 29.4 Å². The number of aromatic carboxylic acids is 2. The highest BCUT2D eigenvalue weighted by molar-refractivity contribution is 6.09. The molecule has 8 heteroatoms. The van der Waals surface area contributed by atoms with Gasteiger partial charge in [-0.3, -0.25) is 0 Å². The van der Waals surface area contributed by atoms with Crippen LogP contribution in [-0.2, 0) is 9.47 Å². The van der Waals surface area contributed by atoms with E-state index in [0.29, 0.717) is 12.8 Å². The second kappa shape index (κ2) is 8.66. The van der Waals surface area contributed by atoms with Crippen molar-refractivity contribution in [1.82, 2.24) is 0 Å². The molecule has 0 saturated carbocycles. The molecule has 0 saturated heterocycles. The molecule has 0 bridgehead atoms. The first-order valence-electron chi connectivity index (χ1n) is 7.32. The van der Waals surface area contributed by atoms with Gasteiger partial charge in [0.1, 0.15) is 0 Å². The first-order valence-corrected chi connectivity index (χ1v) is 7.32. The van der Waals surface area contributed by atoms with Crippen molar-refractivity contribution in [2.24, 2.45) is 0 Å². The number of carboxylic acids is 2. The SMILES string of the molecule is CCCOC(=O)c1cc(C(=O)OCCC)c(C(=O)O)cc1C(=O)O. The van der Waals surface area contributed by atoms with Crippen LogP contribution in [-0.4, -0.2) is 47.3 Å². The summed E-state index contributed by atoms with van der Waals surface area (Å²) in [5, 5.41) is 18.4. The molecule has 8 nitrogen and oxygen atoms in total. The molecule has 0 aromatic heterocycles. The van der Waals surface area contributed by atoms with Gasteiger partial charge in [-0.15, -0.1) is 0 Å². The molecule has 0 fully saturated rings. The molecule has 0 unspecified atom stereocenters. The maximum atomic E-state index is 12.0. The third-order valence-corrected chi connectivity index (χ3v) is 2.93. The van der Waals surface area contributed by atoms with Gasteiger partial charge in [0.15, 0.2) is 0 Å². The Labute approximate surface area is 138 Å². The minimum atomic E-state index is -1.51. The zero-order valence-electron chi connectivity index (χ0n) is 13.3. The molecule has 130 valence electrons. The van der Waals surface area contributed by atoms with E-state index in [2.05, 4.69) is 0 Å². The van der Waals surface area contributed by atoms with Crippen molar-refractivity contribution >= 4 is 23.9 Å². The average molecular weight is 338 g/mol. The topological polar surface area (TPSA) is 127 Å². The number of carbonyl (C=O) groups excluding carboxylic acids is 2. The molecule has 0 spiro atoms. The van der Waals surface area contributed by atoms with Crippen molar-refractivity contribution in [2.75, 3.05) is 13.2 Å². The molecule has 0 radical (unpaired) electrons. The molecule has 24 heavy (non-hydrogen) atoms. The van der Waals surface area contributed by atoms with Gasteiger partial charge < -0.3 is 19.7 Å². The summed E-state index contributed by atoms with van der Waals surface area (Å²) in [4.78, 5) is 46.6. The summed E-state index contributed by atoms with van der Waals surface area (Å²) in [6.45, 7) is 3.64. The third-order valence-electron chi connectivity index (χ3n) is 2.93. The Morgan fingerprint density at radius 2 is 1.08 bits per heavy atom. The van der Waals surface area contributed by atoms with Gasteiger partial charge in [0, 0.05) is 0 Å². The summed E-state index contributed by atoms with van der Waals surface area (Å²) < 4.78 is 9.76. The first-order chi connectivity index (χ1) is 11.3. The highest BCUT2D eigenvalue weighted by Crippen LogP contribution is 2.20. The van der Waals surface area contributed by atoms with Crippen LogP contribution in [0.2, 0.25) is 0 Å². The lowest BCUT2D eigenvalue weighted by Gasteiger charge is -2.12. The van der Waals surface area contributed by atoms with E-state index < -0.39 is 46.1 Å². The zero-order chi connectivity index (χ0) is 18.3. The largest absolute Gasteiger partial charge is 0.478 e. The van der Waals surface area contributed by atoms with E-state index in [1.165, 1.54) is 0 Å². The summed E-state index contributed by atoms with van der Waals surface area (Å²) in [5.74, 6) is -4.91. The molecule has 1 aromatic carbocycles. The fourth-order valence-electron chi connectivity index (χ4n) is 1.84. The lowest BCUT2D eigenvalue weighted by molar-refractivity contribution is 0.0486. The van der Waals surface area contributed by atoms with E-state index >= 15 is 0 Å². The van der Waals surface area contributed by atoms with Crippen molar-refractivity contribution in [2.45, 2.75) is 26.7 Å². The van der Waals surface area contributed by atoms with E-state index in [1.54, 1.807) is 13.8 Å². The first kappa shape index (κ1) is 19.1. The van der Waals surface area contributed by atoms with Gasteiger partial charge in [-0.05, 0) is 25.0 Å². The van der Waals surface area contributed by atoms with Crippen LogP contribution in [0.1, 0.15) is 68.1 Å². The summed E-state index contributed by atoms with van der Waals surface area (Å²) in [6.07, 6.45) is 1.04. The van der Waals surface area contributed by atoms with Crippen LogP contribution in [0.4, 0.5) is 0 Å². The number of benzene rings is 1. The summed E-state index contributed by atoms with van der Waals surface area (Å²) >= 11 is 0. The van der Waals surface area contributed by atoms with E-state index in [4.69, 9.17) is 9.47 Å². The number of carboxylic acid groups (broad SMARTS) is 2. The Kier molecular flexibility index (Phi) is 6.91. The predicted octanol–water partition coefficient (Wildman–Crippen LogP) is 2.22. The van der Waals surface area contributed by atoms with Gasteiger partial charge in [0.2, 0.25) is 0 Å². The maximum Gasteiger partial charge on any atom is 0.339 e. The molecule has 0 aliphatic rings. The van der Waals surface area contributed by atoms with Gasteiger partial charge in [-0.25, -0.2) is 19.2 Å². The Morgan fingerprint density at radius 3 is 1.38 bits per heavy atom. The monoisotopic (exact) mass is 338 g/mol. The van der Waals surface area contributed by atoms with Gasteiger partial charge in [-0.1, -0.05) is 13.8 Å². The molecule has 1 rings (SSSR count). The standard InChI is InChI=1S/C16H18O8/c1-3-5-23-15(21)11-8-12(16(22)24-6-4-2)10(14(19)20)7-9(11)13(17)18/h7-8H,3-6H2,1-2H3,(H,17,18)(H,19,20). The van der Waals surface area contributed by atoms with Crippen LogP contribution in [0, 0.1) is 0 Å². The maximum absolute atomic E-state index is 12.0. The quantitative estimate of drug-likeness (QED) is 0.691. The molecule has 0 amide bonds. The summed E-state index contributed by atoms with van der Waals surface area (Å²) in [7, 11) is 0. The molecule has 0 atom stereocenters. The highest BCUT2D eigenvalue weighted by atomic mass is 16.5. The van der Waals surface area contributed by atoms with Gasteiger partial charge in [0.25, 0.3) is 0 Å². The Hall–Kier alpha value is -2.90. The minimum Gasteiger partial charge on any atom is -0.478 e. The molecule has 0 aliphatic carbocycles. The lowest BCUT2D eigenvalue weighted by Crippen LogP contribution is -2.18. The van der Waals surface area contributed by atoms with Gasteiger partial charge >= 0.3 is 23.9 Å². The lowest BCUT2D eigenvalue weighted by atomic mass is 9.98. The third kappa shape index (κ3) is 4.55. The van der Waals surface area contributed by atoms with Crippen LogP contribution in [0.25, 0.3) is 0 Å². The van der Waals surface area contributed by atoms with Gasteiger partial charge in [0.05, 0.1) is 35.5 Å². The van der Waals surface area contributed by atoms with E-state index in [0.717, 1.165) is 12.1 Å². The summed E-state index contributed by atoms with van der Waals surface area (Å²) in [5.41, 5.74) is -1.91. The molecule has 0 heterocycles. The second-order valence-corrected chi connectivity index (χ2v) is 4.83.